The molecule has 4 aromatic rings. The lowest BCUT2D eigenvalue weighted by atomic mass is 10.1. The Balaban J connectivity index is 1.35. The maximum atomic E-state index is 12.9. The average Bonchev–Trinajstić information content (AvgIpc) is 3.34. The second-order valence-corrected chi connectivity index (χ2v) is 10.1. The maximum absolute atomic E-state index is 12.9. The Kier molecular flexibility index (Phi) is 7.31. The van der Waals surface area contributed by atoms with Crippen molar-refractivity contribution >= 4 is 21.6 Å². The van der Waals surface area contributed by atoms with E-state index in [1.807, 2.05) is 55.5 Å². The third-order valence-corrected chi connectivity index (χ3v) is 6.97. The quantitative estimate of drug-likeness (QED) is 0.351. The number of hydrogen-bond donors (Lipinski definition) is 1. The van der Waals surface area contributed by atoms with Gasteiger partial charge in [-0.25, -0.2) is 8.42 Å². The van der Waals surface area contributed by atoms with Gasteiger partial charge in [-0.2, -0.15) is 0 Å². The molecule has 0 radical (unpaired) electrons. The van der Waals surface area contributed by atoms with Gasteiger partial charge in [-0.15, -0.1) is 0 Å². The van der Waals surface area contributed by atoms with E-state index in [1.165, 1.54) is 12.1 Å². The number of nitrogens with zero attached hydrogens (tertiary/aromatic N) is 2. The molecule has 8 heteroatoms. The molecule has 0 bridgehead atoms. The highest BCUT2D eigenvalue weighted by Gasteiger charge is 2.18. The van der Waals surface area contributed by atoms with Gasteiger partial charge in [0.25, 0.3) is 15.9 Å². The smallest absolute Gasteiger partial charge is 0.261 e. The zero-order valence-corrected chi connectivity index (χ0v) is 20.5. The summed E-state index contributed by atoms with van der Waals surface area (Å²) in [6.45, 7) is 2.41. The SMILES string of the molecule is Cc1ccc(NS(=O)(=O)c2cccc(C(=O)N(C)CCCc3cc(-c4ccccc4)no3)c2)cc1. The van der Waals surface area contributed by atoms with E-state index >= 15 is 0 Å². The first kappa shape index (κ1) is 24.2. The first-order valence-corrected chi connectivity index (χ1v) is 12.8. The van der Waals surface area contributed by atoms with Crippen molar-refractivity contribution in [1.82, 2.24) is 10.1 Å². The molecule has 4 rings (SSSR count). The molecule has 0 spiro atoms. The van der Waals surface area contributed by atoms with Crippen LogP contribution in [0.4, 0.5) is 5.69 Å². The summed E-state index contributed by atoms with van der Waals surface area (Å²) in [5, 5.41) is 4.12. The van der Waals surface area contributed by atoms with E-state index in [9.17, 15) is 13.2 Å². The van der Waals surface area contributed by atoms with Gasteiger partial charge >= 0.3 is 0 Å². The van der Waals surface area contributed by atoms with Crippen LogP contribution in [0.2, 0.25) is 0 Å². The third-order valence-electron chi connectivity index (χ3n) is 5.59. The minimum absolute atomic E-state index is 0.0347. The molecule has 0 saturated heterocycles. The molecule has 1 N–H and O–H groups in total. The van der Waals surface area contributed by atoms with Gasteiger partial charge in [-0.3, -0.25) is 9.52 Å². The van der Waals surface area contributed by atoms with Crippen LogP contribution in [0, 0.1) is 6.92 Å². The number of amides is 1. The summed E-state index contributed by atoms with van der Waals surface area (Å²) >= 11 is 0. The van der Waals surface area contributed by atoms with Crippen LogP contribution in [0.5, 0.6) is 0 Å². The maximum Gasteiger partial charge on any atom is 0.261 e. The first-order valence-electron chi connectivity index (χ1n) is 11.3. The van der Waals surface area contributed by atoms with E-state index in [4.69, 9.17) is 4.52 Å². The molecule has 0 aliphatic rings. The average molecular weight is 490 g/mol. The van der Waals surface area contributed by atoms with Gasteiger partial charge in [-0.1, -0.05) is 59.3 Å². The summed E-state index contributed by atoms with van der Waals surface area (Å²) in [7, 11) is -2.12. The molecule has 0 aliphatic carbocycles. The predicted octanol–water partition coefficient (Wildman–Crippen LogP) is 5.16. The molecule has 1 aromatic heterocycles. The molecule has 1 amide bonds. The molecule has 0 aliphatic heterocycles. The summed E-state index contributed by atoms with van der Waals surface area (Å²) in [4.78, 5) is 14.5. The van der Waals surface area contributed by atoms with E-state index in [-0.39, 0.29) is 10.8 Å². The Hall–Kier alpha value is -3.91. The number of carbonyl (C=O) groups is 1. The number of hydrogen-bond acceptors (Lipinski definition) is 5. The van der Waals surface area contributed by atoms with Crippen molar-refractivity contribution in [3.8, 4) is 11.3 Å². The van der Waals surface area contributed by atoms with Gasteiger partial charge in [-0.05, 0) is 43.7 Å². The number of rotatable bonds is 9. The minimum atomic E-state index is -3.82. The van der Waals surface area contributed by atoms with Crippen molar-refractivity contribution < 1.29 is 17.7 Å². The van der Waals surface area contributed by atoms with E-state index in [0.717, 1.165) is 22.6 Å². The van der Waals surface area contributed by atoms with E-state index in [2.05, 4.69) is 9.88 Å². The van der Waals surface area contributed by atoms with Crippen molar-refractivity contribution in [2.24, 2.45) is 0 Å². The lowest BCUT2D eigenvalue weighted by molar-refractivity contribution is 0.0792. The van der Waals surface area contributed by atoms with Crippen LogP contribution in [-0.2, 0) is 16.4 Å². The predicted molar refractivity (Wildman–Crippen MR) is 136 cm³/mol. The summed E-state index contributed by atoms with van der Waals surface area (Å²) in [5.41, 5.74) is 3.57. The van der Waals surface area contributed by atoms with Crippen LogP contribution in [0.15, 0.2) is 94.3 Å². The van der Waals surface area contributed by atoms with Gasteiger partial charge in [0.05, 0.1) is 4.90 Å². The van der Waals surface area contributed by atoms with Gasteiger partial charge < -0.3 is 9.42 Å². The highest BCUT2D eigenvalue weighted by Crippen LogP contribution is 2.20. The number of anilines is 1. The van der Waals surface area contributed by atoms with Crippen LogP contribution in [0.1, 0.15) is 28.1 Å². The fourth-order valence-corrected chi connectivity index (χ4v) is 4.72. The summed E-state index contributed by atoms with van der Waals surface area (Å²) in [6, 6.07) is 24.8. The van der Waals surface area contributed by atoms with Gasteiger partial charge in [0.15, 0.2) is 0 Å². The molecule has 0 unspecified atom stereocenters. The molecule has 1 heterocycles. The Morgan fingerprint density at radius 2 is 1.71 bits per heavy atom. The highest BCUT2D eigenvalue weighted by atomic mass is 32.2. The largest absolute Gasteiger partial charge is 0.361 e. The molecule has 3 aromatic carbocycles. The zero-order valence-electron chi connectivity index (χ0n) is 19.6. The second-order valence-electron chi connectivity index (χ2n) is 8.37. The van der Waals surface area contributed by atoms with Crippen molar-refractivity contribution in [3.05, 3.63) is 102 Å². The topological polar surface area (TPSA) is 92.5 Å². The second kappa shape index (κ2) is 10.6. The van der Waals surface area contributed by atoms with Gasteiger partial charge in [0, 0.05) is 42.9 Å². The third kappa shape index (κ3) is 6.16. The van der Waals surface area contributed by atoms with Crippen LogP contribution >= 0.6 is 0 Å². The lowest BCUT2D eigenvalue weighted by Crippen LogP contribution is -2.28. The zero-order chi connectivity index (χ0) is 24.8. The van der Waals surface area contributed by atoms with Crippen LogP contribution in [0.3, 0.4) is 0 Å². The van der Waals surface area contributed by atoms with E-state index in [1.54, 1.807) is 36.2 Å². The summed E-state index contributed by atoms with van der Waals surface area (Å²) in [5.74, 6) is 0.500. The van der Waals surface area contributed by atoms with Crippen LogP contribution in [-0.4, -0.2) is 38.0 Å². The van der Waals surface area contributed by atoms with Gasteiger partial charge in [0.1, 0.15) is 11.5 Å². The molecular weight excluding hydrogens is 462 g/mol. The van der Waals surface area contributed by atoms with Crippen molar-refractivity contribution in [3.63, 3.8) is 0 Å². The Bertz CT molecular complexity index is 1400. The molecular formula is C27H27N3O4S. The first-order chi connectivity index (χ1) is 16.8. The Labute approximate surface area is 205 Å². The van der Waals surface area contributed by atoms with Crippen LogP contribution < -0.4 is 4.72 Å². The Morgan fingerprint density at radius 1 is 0.971 bits per heavy atom. The molecule has 0 saturated carbocycles. The molecule has 0 atom stereocenters. The molecule has 35 heavy (non-hydrogen) atoms. The number of benzene rings is 3. The highest BCUT2D eigenvalue weighted by molar-refractivity contribution is 7.92. The fraction of sp³-hybridized carbons (Fsp3) is 0.185. The molecule has 0 fully saturated rings. The molecule has 7 nitrogen and oxygen atoms in total. The Morgan fingerprint density at radius 3 is 2.46 bits per heavy atom. The van der Waals surface area contributed by atoms with E-state index < -0.39 is 10.0 Å². The standard InChI is InChI=1S/C27H27N3O4S/c1-20-13-15-23(16-14-20)29-35(32,33)25-12-6-10-22(18-25)27(31)30(2)17-7-11-24-19-26(28-34-24)21-8-4-3-5-9-21/h3-6,8-10,12-16,18-19,29H,7,11,17H2,1-2H3. The summed E-state index contributed by atoms with van der Waals surface area (Å²) in [6.07, 6.45) is 1.31. The van der Waals surface area contributed by atoms with E-state index in [0.29, 0.717) is 30.6 Å². The molecule has 180 valence electrons. The van der Waals surface area contributed by atoms with Crippen LogP contribution in [0.25, 0.3) is 11.3 Å². The summed E-state index contributed by atoms with van der Waals surface area (Å²) < 4.78 is 33.6. The fourth-order valence-electron chi connectivity index (χ4n) is 3.62. The van der Waals surface area contributed by atoms with Crippen molar-refractivity contribution in [1.29, 1.82) is 0 Å². The monoisotopic (exact) mass is 489 g/mol. The lowest BCUT2D eigenvalue weighted by Gasteiger charge is -2.17. The number of carbonyl (C=O) groups excluding carboxylic acids is 1. The number of nitrogens with one attached hydrogen (secondary N) is 1. The van der Waals surface area contributed by atoms with Crippen molar-refractivity contribution in [2.75, 3.05) is 18.3 Å². The minimum Gasteiger partial charge on any atom is -0.361 e. The normalized spacial score (nSPS) is 11.3. The number of sulfonamides is 1. The number of aryl methyl sites for hydroxylation is 2. The number of aromatic nitrogens is 1. The van der Waals surface area contributed by atoms with Gasteiger partial charge in [0.2, 0.25) is 0 Å². The van der Waals surface area contributed by atoms with Crippen molar-refractivity contribution in [2.45, 2.75) is 24.7 Å².